The summed E-state index contributed by atoms with van der Waals surface area (Å²) >= 11 is 0. The van der Waals surface area contributed by atoms with E-state index >= 15 is 0 Å². The molecule has 1 N–H and O–H groups in total. The Kier molecular flexibility index (Phi) is 36.1. The van der Waals surface area contributed by atoms with Gasteiger partial charge < -0.3 is 18.9 Å². The highest BCUT2D eigenvalue weighted by Crippen LogP contribution is 2.43. The van der Waals surface area contributed by atoms with Gasteiger partial charge in [-0.3, -0.25) is 18.6 Å². The summed E-state index contributed by atoms with van der Waals surface area (Å²) in [6.07, 6.45) is 39.4. The summed E-state index contributed by atoms with van der Waals surface area (Å²) < 4.78 is 34.3. The minimum absolute atomic E-state index is 0.0277. The first-order valence-corrected chi connectivity index (χ1v) is 23.6. The third-order valence-electron chi connectivity index (χ3n) is 9.48. The highest BCUT2D eigenvalue weighted by molar-refractivity contribution is 7.47. The van der Waals surface area contributed by atoms with Crippen LogP contribution in [0.3, 0.4) is 0 Å². The Labute approximate surface area is 332 Å². The van der Waals surface area contributed by atoms with E-state index < -0.39 is 26.5 Å². The molecule has 0 aromatic rings. The predicted octanol–water partition coefficient (Wildman–Crippen LogP) is 12.4. The van der Waals surface area contributed by atoms with Crippen LogP contribution in [0.15, 0.2) is 24.3 Å². The Morgan fingerprint density at radius 1 is 0.574 bits per heavy atom. The molecule has 1 unspecified atom stereocenters. The summed E-state index contributed by atoms with van der Waals surface area (Å²) in [4.78, 5) is 35.3. The first kappa shape index (κ1) is 52.5. The summed E-state index contributed by atoms with van der Waals surface area (Å²) in [5.74, 6) is -0.830. The minimum Gasteiger partial charge on any atom is -0.462 e. The second-order valence-electron chi connectivity index (χ2n) is 16.1. The van der Waals surface area contributed by atoms with Gasteiger partial charge in [-0.2, -0.15) is 0 Å². The number of rotatable bonds is 40. The van der Waals surface area contributed by atoms with Gasteiger partial charge in [0.2, 0.25) is 0 Å². The number of phosphoric ester groups is 1. The summed E-state index contributed by atoms with van der Waals surface area (Å²) in [5, 5.41) is 0. The van der Waals surface area contributed by atoms with E-state index in [2.05, 4.69) is 38.2 Å². The second kappa shape index (κ2) is 37.1. The number of allylic oxidation sites excluding steroid dienone is 4. The molecule has 10 heteroatoms. The molecular weight excluding hydrogens is 701 g/mol. The number of unbranched alkanes of at least 4 members (excludes halogenated alkanes) is 22. The normalized spacial score (nSPS) is 13.8. The van der Waals surface area contributed by atoms with Crippen molar-refractivity contribution in [2.24, 2.45) is 0 Å². The van der Waals surface area contributed by atoms with Crippen molar-refractivity contribution in [3.8, 4) is 0 Å². The van der Waals surface area contributed by atoms with Crippen LogP contribution in [0.5, 0.6) is 0 Å². The lowest BCUT2D eigenvalue weighted by atomic mass is 10.0. The quantitative estimate of drug-likeness (QED) is 0.0215. The van der Waals surface area contributed by atoms with Crippen molar-refractivity contribution in [1.82, 2.24) is 0 Å². The van der Waals surface area contributed by atoms with Crippen LogP contribution in [-0.4, -0.2) is 74.9 Å². The fourth-order valence-electron chi connectivity index (χ4n) is 5.99. The first-order chi connectivity index (χ1) is 26.0. The van der Waals surface area contributed by atoms with Crippen LogP contribution in [-0.2, 0) is 32.7 Å². The molecule has 0 saturated carbocycles. The molecule has 9 nitrogen and oxygen atoms in total. The number of carbonyl (C=O) groups excluding carboxylic acids is 2. The smallest absolute Gasteiger partial charge is 0.462 e. The fourth-order valence-corrected chi connectivity index (χ4v) is 6.73. The standard InChI is InChI=1S/C44H84NO8P/c1-6-8-10-12-14-16-18-20-22-24-26-28-30-32-34-36-43(46)50-40-42(41-52-54(48,49)51-39-38-45(3,4)5)53-44(47)37-35-33-31-29-27-25-23-21-19-17-15-13-11-9-7-2/h21,23,27,29,42H,6-20,22,24-26,28,30-41H2,1-5H3/p+1/b23-21-,29-27-/t42-/m1/s1. The molecule has 0 rings (SSSR count). The van der Waals surface area contributed by atoms with Crippen LogP contribution in [0.4, 0.5) is 0 Å². The number of carbonyl (C=O) groups is 2. The van der Waals surface area contributed by atoms with Crippen LogP contribution < -0.4 is 0 Å². The Morgan fingerprint density at radius 3 is 1.50 bits per heavy atom. The summed E-state index contributed by atoms with van der Waals surface area (Å²) in [5.41, 5.74) is 0. The van der Waals surface area contributed by atoms with E-state index in [-0.39, 0.29) is 32.0 Å². The van der Waals surface area contributed by atoms with E-state index in [0.717, 1.165) is 44.9 Å². The van der Waals surface area contributed by atoms with Crippen LogP contribution >= 0.6 is 7.82 Å². The number of hydrogen-bond acceptors (Lipinski definition) is 7. The predicted molar refractivity (Wildman–Crippen MR) is 224 cm³/mol. The summed E-state index contributed by atoms with van der Waals surface area (Å²) in [6.45, 7) is 4.39. The van der Waals surface area contributed by atoms with Crippen LogP contribution in [0.1, 0.15) is 194 Å². The van der Waals surface area contributed by atoms with Crippen molar-refractivity contribution in [2.75, 3.05) is 47.5 Å². The molecule has 0 spiro atoms. The summed E-state index contributed by atoms with van der Waals surface area (Å²) in [7, 11) is 1.46. The molecule has 0 amide bonds. The van der Waals surface area contributed by atoms with Gasteiger partial charge in [0.15, 0.2) is 6.10 Å². The number of phosphoric acid groups is 1. The molecule has 0 aromatic heterocycles. The van der Waals surface area contributed by atoms with E-state index in [4.69, 9.17) is 18.5 Å². The van der Waals surface area contributed by atoms with Crippen LogP contribution in [0.2, 0.25) is 0 Å². The Balaban J connectivity index is 4.40. The van der Waals surface area contributed by atoms with E-state index in [9.17, 15) is 19.0 Å². The van der Waals surface area contributed by atoms with Gasteiger partial charge in [-0.05, 0) is 44.9 Å². The van der Waals surface area contributed by atoms with Crippen molar-refractivity contribution in [2.45, 2.75) is 200 Å². The fraction of sp³-hybridized carbons (Fsp3) is 0.864. The molecule has 0 aliphatic carbocycles. The van der Waals surface area contributed by atoms with Gasteiger partial charge in [0, 0.05) is 12.8 Å². The molecule has 0 aliphatic heterocycles. The van der Waals surface area contributed by atoms with Crippen LogP contribution in [0.25, 0.3) is 0 Å². The van der Waals surface area contributed by atoms with Crippen molar-refractivity contribution in [3.63, 3.8) is 0 Å². The maximum atomic E-state index is 12.7. The molecule has 0 aromatic carbocycles. The van der Waals surface area contributed by atoms with Gasteiger partial charge in [0.1, 0.15) is 19.8 Å². The zero-order valence-electron chi connectivity index (χ0n) is 35.7. The van der Waals surface area contributed by atoms with E-state index in [1.807, 2.05) is 21.1 Å². The van der Waals surface area contributed by atoms with Gasteiger partial charge in [-0.15, -0.1) is 0 Å². The molecular formula is C44H85NO8P+. The number of nitrogens with zero attached hydrogens (tertiary/aromatic N) is 1. The highest BCUT2D eigenvalue weighted by Gasteiger charge is 2.27. The molecule has 0 fully saturated rings. The van der Waals surface area contributed by atoms with Gasteiger partial charge in [0.25, 0.3) is 0 Å². The molecule has 0 heterocycles. The number of quaternary nitrogens is 1. The van der Waals surface area contributed by atoms with Crippen molar-refractivity contribution < 1.29 is 42.1 Å². The maximum Gasteiger partial charge on any atom is 0.472 e. The lowest BCUT2D eigenvalue weighted by Gasteiger charge is -2.24. The molecule has 0 aliphatic rings. The van der Waals surface area contributed by atoms with Gasteiger partial charge in [0.05, 0.1) is 27.7 Å². The maximum absolute atomic E-state index is 12.7. The monoisotopic (exact) mass is 787 g/mol. The van der Waals surface area contributed by atoms with Crippen LogP contribution in [0, 0.1) is 0 Å². The average Bonchev–Trinajstić information content (AvgIpc) is 3.12. The third-order valence-corrected chi connectivity index (χ3v) is 10.5. The number of hydrogen-bond donors (Lipinski definition) is 1. The van der Waals surface area contributed by atoms with Crippen molar-refractivity contribution in [3.05, 3.63) is 24.3 Å². The summed E-state index contributed by atoms with van der Waals surface area (Å²) in [6, 6.07) is 0. The molecule has 318 valence electrons. The molecule has 54 heavy (non-hydrogen) atoms. The van der Waals surface area contributed by atoms with Gasteiger partial charge >= 0.3 is 19.8 Å². The average molecular weight is 787 g/mol. The van der Waals surface area contributed by atoms with E-state index in [0.29, 0.717) is 17.4 Å². The van der Waals surface area contributed by atoms with E-state index in [1.165, 1.54) is 116 Å². The highest BCUT2D eigenvalue weighted by atomic mass is 31.2. The Hall–Kier alpha value is -1.51. The molecule has 0 saturated heterocycles. The van der Waals surface area contributed by atoms with Gasteiger partial charge in [-0.25, -0.2) is 4.57 Å². The molecule has 0 bridgehead atoms. The van der Waals surface area contributed by atoms with E-state index in [1.54, 1.807) is 0 Å². The van der Waals surface area contributed by atoms with Crippen molar-refractivity contribution >= 4 is 19.8 Å². The minimum atomic E-state index is -4.38. The Bertz CT molecular complexity index is 980. The zero-order valence-corrected chi connectivity index (χ0v) is 36.6. The van der Waals surface area contributed by atoms with Gasteiger partial charge in [-0.1, -0.05) is 160 Å². The number of esters is 2. The lowest BCUT2D eigenvalue weighted by molar-refractivity contribution is -0.870. The SMILES string of the molecule is CCCCCCCC/C=C\C/C=C\CCCCC(=O)O[C@H](COC(=O)CCCCCCCCCCCCCCCCC)COP(=O)(O)OCC[N+](C)(C)C. The lowest BCUT2D eigenvalue weighted by Crippen LogP contribution is -2.37. The second-order valence-corrected chi connectivity index (χ2v) is 17.5. The largest absolute Gasteiger partial charge is 0.472 e. The number of likely N-dealkylation sites (N-methyl/N-ethyl adjacent to an activating group) is 1. The zero-order chi connectivity index (χ0) is 40.0. The van der Waals surface area contributed by atoms with Crippen molar-refractivity contribution in [1.29, 1.82) is 0 Å². The third kappa shape index (κ3) is 40.2. The number of ether oxygens (including phenoxy) is 2. The molecule has 0 radical (unpaired) electrons. The molecule has 2 atom stereocenters. The topological polar surface area (TPSA) is 108 Å². The first-order valence-electron chi connectivity index (χ1n) is 22.1. The Morgan fingerprint density at radius 2 is 1.00 bits per heavy atom.